The van der Waals surface area contributed by atoms with Crippen molar-refractivity contribution < 1.29 is 47.5 Å². The molecule has 0 aromatic rings. The van der Waals surface area contributed by atoms with Gasteiger partial charge in [0, 0.05) is 5.37 Å². The Balaban J connectivity index is 0. The van der Waals surface area contributed by atoms with E-state index in [0.29, 0.717) is 12.0 Å². The topological polar surface area (TPSA) is 149 Å². The fourth-order valence-electron chi connectivity index (χ4n) is 1.33. The average Bonchev–Trinajstić information content (AvgIpc) is 2.27. The van der Waals surface area contributed by atoms with Crippen molar-refractivity contribution in [2.24, 2.45) is 0 Å². The van der Waals surface area contributed by atoms with E-state index in [1.54, 1.807) is 32.9 Å². The molecule has 21 heavy (non-hydrogen) atoms. The summed E-state index contributed by atoms with van der Waals surface area (Å²) in [6, 6.07) is 0. The van der Waals surface area contributed by atoms with Crippen molar-refractivity contribution in [2.75, 3.05) is 0 Å². The Morgan fingerprint density at radius 2 is 1.81 bits per heavy atom. The monoisotopic (exact) mass is 363 g/mol. The summed E-state index contributed by atoms with van der Waals surface area (Å²) in [6.07, 6.45) is 4.30. The van der Waals surface area contributed by atoms with Crippen LogP contribution in [0.15, 0.2) is 23.9 Å². The molecule has 0 amide bonds. The van der Waals surface area contributed by atoms with E-state index in [1.165, 1.54) is 6.20 Å². The SMILES string of the molecule is CC(O)CC(C)O.CC1=CC=C[N-]C1S(=O)(=O)O.[O]=[V][OH2+]. The van der Waals surface area contributed by atoms with Crippen molar-refractivity contribution in [1.29, 1.82) is 0 Å². The van der Waals surface area contributed by atoms with Crippen LogP contribution in [0.25, 0.3) is 5.32 Å². The second kappa shape index (κ2) is 12.0. The fourth-order valence-corrected chi connectivity index (χ4v) is 2.10. The van der Waals surface area contributed by atoms with E-state index < -0.39 is 32.1 Å². The number of aliphatic hydroxyl groups is 2. The predicted molar refractivity (Wildman–Crippen MR) is 73.9 cm³/mol. The zero-order chi connectivity index (χ0) is 17.1. The third kappa shape index (κ3) is 14.2. The van der Waals surface area contributed by atoms with Crippen LogP contribution < -0.4 is 0 Å². The first-order valence-corrected chi connectivity index (χ1v) is 8.68. The Hall–Kier alpha value is -0.546. The first-order valence-electron chi connectivity index (χ1n) is 5.91. The fraction of sp³-hybridized carbons (Fsp3) is 0.636. The third-order valence-corrected chi connectivity index (χ3v) is 3.08. The number of rotatable bonds is 3. The molecule has 8 nitrogen and oxygen atoms in total. The molecule has 1 rings (SSSR count). The Labute approximate surface area is 132 Å². The molecule has 1 aliphatic rings. The molecule has 10 heteroatoms. The molecule has 0 radical (unpaired) electrons. The van der Waals surface area contributed by atoms with E-state index in [1.807, 2.05) is 0 Å². The summed E-state index contributed by atoms with van der Waals surface area (Å²) >= 11 is -1.31. The number of hydrogen-bond donors (Lipinski definition) is 3. The average molecular weight is 363 g/mol. The van der Waals surface area contributed by atoms with E-state index >= 15 is 0 Å². The molecule has 1 aliphatic heterocycles. The quantitative estimate of drug-likeness (QED) is 0.483. The van der Waals surface area contributed by atoms with Gasteiger partial charge in [-0.05, 0) is 27.2 Å². The van der Waals surface area contributed by atoms with Gasteiger partial charge in [0.1, 0.15) is 0 Å². The third-order valence-electron chi connectivity index (χ3n) is 2.02. The molecule has 0 spiro atoms. The van der Waals surface area contributed by atoms with Crippen molar-refractivity contribution in [3.8, 4) is 0 Å². The standard InChI is InChI=1S/C6H8NO3S.C5H12O2.H2O.O.V/c1-5-3-2-4-7-6(5)11(8,9)10;1-4(6)3-5(2)7;;;/h2-4,6H,1H3,(H,8,9,10);4-7H,3H2,1-2H3;1H2;;/q-1;;;;+1. The summed E-state index contributed by atoms with van der Waals surface area (Å²) in [5, 5.41) is 19.6. The summed E-state index contributed by atoms with van der Waals surface area (Å²) in [5.41, 5.74) is 0.523. The Morgan fingerprint density at radius 3 is 2.00 bits per heavy atom. The van der Waals surface area contributed by atoms with Crippen LogP contribution in [0.1, 0.15) is 27.2 Å². The summed E-state index contributed by atoms with van der Waals surface area (Å²) in [7, 11) is -4.06. The van der Waals surface area contributed by atoms with Gasteiger partial charge in [-0.15, -0.1) is 0 Å². The first kappa shape index (κ1) is 22.7. The van der Waals surface area contributed by atoms with Gasteiger partial charge in [-0.3, -0.25) is 4.55 Å². The molecule has 0 fully saturated rings. The Morgan fingerprint density at radius 1 is 1.38 bits per heavy atom. The van der Waals surface area contributed by atoms with E-state index in [9.17, 15) is 8.42 Å². The summed E-state index contributed by atoms with van der Waals surface area (Å²) in [6.45, 7) is 4.92. The van der Waals surface area contributed by atoms with Crippen molar-refractivity contribution in [3.05, 3.63) is 29.2 Å². The molecule has 3 unspecified atom stereocenters. The number of nitrogens with zero attached hydrogens (tertiary/aromatic N) is 1. The van der Waals surface area contributed by atoms with Crippen LogP contribution >= 0.6 is 0 Å². The second-order valence-electron chi connectivity index (χ2n) is 4.29. The van der Waals surface area contributed by atoms with Gasteiger partial charge in [0.15, 0.2) is 0 Å². The van der Waals surface area contributed by atoms with Gasteiger partial charge in [-0.2, -0.15) is 6.20 Å². The minimum atomic E-state index is -4.06. The van der Waals surface area contributed by atoms with Crippen molar-refractivity contribution in [1.82, 2.24) is 0 Å². The van der Waals surface area contributed by atoms with Gasteiger partial charge in [-0.25, -0.2) is 8.42 Å². The molecule has 3 atom stereocenters. The summed E-state index contributed by atoms with van der Waals surface area (Å²) < 4.78 is 44.2. The van der Waals surface area contributed by atoms with E-state index in [-0.39, 0.29) is 12.2 Å². The second-order valence-corrected chi connectivity index (χ2v) is 6.06. The minimum absolute atomic E-state index is 0.375. The van der Waals surface area contributed by atoms with Crippen LogP contribution in [0, 0.1) is 0 Å². The summed E-state index contributed by atoms with van der Waals surface area (Å²) in [5.74, 6) is 0. The van der Waals surface area contributed by atoms with E-state index in [2.05, 4.69) is 5.32 Å². The normalized spacial score (nSPS) is 19.6. The molecular weight excluding hydrogens is 341 g/mol. The summed E-state index contributed by atoms with van der Waals surface area (Å²) in [4.78, 5) is 0. The molecule has 1 heterocycles. The van der Waals surface area contributed by atoms with Crippen molar-refractivity contribution in [3.63, 3.8) is 0 Å². The molecule has 0 aliphatic carbocycles. The van der Waals surface area contributed by atoms with Crippen LogP contribution in [0.5, 0.6) is 0 Å². The van der Waals surface area contributed by atoms with Crippen LogP contribution in [-0.2, 0) is 30.4 Å². The van der Waals surface area contributed by atoms with Crippen molar-refractivity contribution in [2.45, 2.75) is 44.8 Å². The molecule has 0 bridgehead atoms. The van der Waals surface area contributed by atoms with Crippen LogP contribution in [0.3, 0.4) is 0 Å². The molecular formula is C11H22NO7SV. The molecule has 0 saturated carbocycles. The van der Waals surface area contributed by atoms with Gasteiger partial charge in [0.25, 0.3) is 10.1 Å². The van der Waals surface area contributed by atoms with Gasteiger partial charge in [-0.1, -0.05) is 17.7 Å². The molecule has 0 aromatic carbocycles. The Kier molecular flexibility index (Phi) is 13.0. The van der Waals surface area contributed by atoms with Gasteiger partial charge < -0.3 is 15.5 Å². The molecule has 0 aromatic heterocycles. The number of aliphatic hydroxyl groups excluding tert-OH is 2. The van der Waals surface area contributed by atoms with Gasteiger partial charge in [0.05, 0.1) is 12.2 Å². The van der Waals surface area contributed by atoms with Gasteiger partial charge >= 0.3 is 24.3 Å². The maximum absolute atomic E-state index is 10.6. The van der Waals surface area contributed by atoms with Crippen LogP contribution in [-0.4, -0.2) is 44.8 Å². The number of allylic oxidation sites excluding steroid dienone is 2. The van der Waals surface area contributed by atoms with Crippen molar-refractivity contribution >= 4 is 10.1 Å². The van der Waals surface area contributed by atoms with Crippen LogP contribution in [0.4, 0.5) is 0 Å². The van der Waals surface area contributed by atoms with Crippen LogP contribution in [0.2, 0.25) is 0 Å². The maximum atomic E-state index is 10.6. The zero-order valence-corrected chi connectivity index (χ0v) is 14.3. The number of hydrogen-bond acceptors (Lipinski definition) is 5. The van der Waals surface area contributed by atoms with Gasteiger partial charge in [0.2, 0.25) is 0 Å². The van der Waals surface area contributed by atoms with E-state index in [4.69, 9.17) is 22.5 Å². The predicted octanol–water partition coefficient (Wildman–Crippen LogP) is 0.240. The molecule has 5 N–H and O–H groups in total. The van der Waals surface area contributed by atoms with E-state index in [0.717, 1.165) is 0 Å². The molecule has 124 valence electrons. The molecule has 0 saturated heterocycles. The zero-order valence-electron chi connectivity index (χ0n) is 12.0. The Bertz CT molecular complexity index is 439. The first-order chi connectivity index (χ1) is 9.56.